The van der Waals surface area contributed by atoms with Gasteiger partial charge in [-0.25, -0.2) is 9.18 Å². The molecule has 0 unspecified atom stereocenters. The Morgan fingerprint density at radius 3 is 2.87 bits per heavy atom. The summed E-state index contributed by atoms with van der Waals surface area (Å²) in [6.07, 6.45) is -0.748. The molecule has 0 aliphatic carbocycles. The zero-order valence-corrected chi connectivity index (χ0v) is 12.0. The molecule has 7 heteroatoms. The van der Waals surface area contributed by atoms with Crippen LogP contribution in [0, 0.1) is 5.82 Å². The molecule has 0 fully saturated rings. The van der Waals surface area contributed by atoms with E-state index in [9.17, 15) is 14.0 Å². The molecule has 0 aromatic heterocycles. The first-order chi connectivity index (χ1) is 11.1. The second kappa shape index (κ2) is 6.35. The number of carbonyl (C=O) groups excluding carboxylic acids is 2. The second-order valence-electron chi connectivity index (χ2n) is 4.85. The van der Waals surface area contributed by atoms with Crippen molar-refractivity contribution in [3.8, 4) is 5.75 Å². The lowest BCUT2D eigenvalue weighted by Gasteiger charge is -2.21. The monoisotopic (exact) mass is 316 g/mol. The third-order valence-electron chi connectivity index (χ3n) is 3.12. The van der Waals surface area contributed by atoms with Crippen LogP contribution in [0.15, 0.2) is 42.5 Å². The van der Waals surface area contributed by atoms with Gasteiger partial charge in [0.2, 0.25) is 0 Å². The fourth-order valence-corrected chi connectivity index (χ4v) is 2.13. The number of fused-ring (bicyclic) bond motifs is 1. The zero-order chi connectivity index (χ0) is 16.2. The van der Waals surface area contributed by atoms with Gasteiger partial charge >= 0.3 is 6.09 Å². The van der Waals surface area contributed by atoms with Crippen molar-refractivity contribution in [3.05, 3.63) is 53.8 Å². The van der Waals surface area contributed by atoms with E-state index in [1.165, 1.54) is 0 Å². The van der Waals surface area contributed by atoms with E-state index in [-0.39, 0.29) is 36.2 Å². The van der Waals surface area contributed by atoms with Crippen molar-refractivity contribution >= 4 is 23.4 Å². The molecule has 0 saturated heterocycles. The van der Waals surface area contributed by atoms with Gasteiger partial charge in [0.1, 0.15) is 12.4 Å². The number of benzene rings is 2. The third kappa shape index (κ3) is 3.57. The van der Waals surface area contributed by atoms with Crippen LogP contribution in [0.1, 0.15) is 5.56 Å². The molecule has 0 radical (unpaired) electrons. The van der Waals surface area contributed by atoms with Crippen LogP contribution in [0.3, 0.4) is 0 Å². The molecule has 118 valence electrons. The Balaban J connectivity index is 1.70. The number of halogens is 1. The van der Waals surface area contributed by atoms with E-state index in [1.807, 2.05) is 30.3 Å². The normalized spacial score (nSPS) is 12.7. The average molecular weight is 316 g/mol. The van der Waals surface area contributed by atoms with E-state index in [1.54, 1.807) is 0 Å². The minimum absolute atomic E-state index is 0.0851. The van der Waals surface area contributed by atoms with E-state index in [0.29, 0.717) is 0 Å². The average Bonchev–Trinajstić information content (AvgIpc) is 2.53. The minimum atomic E-state index is -0.748. The Hall–Kier alpha value is -3.09. The Morgan fingerprint density at radius 1 is 1.30 bits per heavy atom. The quantitative estimate of drug-likeness (QED) is 0.913. The fraction of sp³-hybridized carbons (Fsp3) is 0.125. The molecule has 0 atom stereocenters. The first-order valence-corrected chi connectivity index (χ1v) is 6.86. The standard InChI is InChI=1S/C16H13FN2O4/c17-11-6-12-15(22-9-14(20)18-12)13(7-11)19-16(21)23-8-10-4-2-1-3-5-10/h1-7H,8-9H2,(H,18,20)(H,19,21). The topological polar surface area (TPSA) is 76.7 Å². The lowest BCUT2D eigenvalue weighted by Crippen LogP contribution is -2.26. The Morgan fingerprint density at radius 2 is 2.09 bits per heavy atom. The van der Waals surface area contributed by atoms with Crippen LogP contribution in [-0.4, -0.2) is 18.6 Å². The maximum atomic E-state index is 13.6. The van der Waals surface area contributed by atoms with Crippen molar-refractivity contribution in [2.75, 3.05) is 17.2 Å². The predicted molar refractivity (Wildman–Crippen MR) is 80.8 cm³/mol. The minimum Gasteiger partial charge on any atom is -0.479 e. The molecule has 1 heterocycles. The van der Waals surface area contributed by atoms with Crippen LogP contribution in [0.5, 0.6) is 5.75 Å². The molecule has 0 bridgehead atoms. The van der Waals surface area contributed by atoms with E-state index in [4.69, 9.17) is 9.47 Å². The van der Waals surface area contributed by atoms with Crippen LogP contribution in [0.2, 0.25) is 0 Å². The first kappa shape index (κ1) is 14.8. The van der Waals surface area contributed by atoms with Gasteiger partial charge < -0.3 is 14.8 Å². The van der Waals surface area contributed by atoms with Crippen molar-refractivity contribution < 1.29 is 23.5 Å². The molecule has 1 aliphatic rings. The first-order valence-electron chi connectivity index (χ1n) is 6.86. The van der Waals surface area contributed by atoms with Crippen molar-refractivity contribution in [3.63, 3.8) is 0 Å². The summed E-state index contributed by atoms with van der Waals surface area (Å²) in [6.45, 7) is -0.117. The summed E-state index contributed by atoms with van der Waals surface area (Å²) in [4.78, 5) is 23.1. The number of hydrogen-bond acceptors (Lipinski definition) is 4. The van der Waals surface area contributed by atoms with Gasteiger partial charge in [-0.1, -0.05) is 30.3 Å². The molecule has 1 aliphatic heterocycles. The highest BCUT2D eigenvalue weighted by Crippen LogP contribution is 2.36. The van der Waals surface area contributed by atoms with Gasteiger partial charge in [0.15, 0.2) is 12.4 Å². The largest absolute Gasteiger partial charge is 0.479 e. The van der Waals surface area contributed by atoms with Gasteiger partial charge in [0.25, 0.3) is 5.91 Å². The number of carbonyl (C=O) groups is 2. The van der Waals surface area contributed by atoms with Gasteiger partial charge in [0, 0.05) is 12.1 Å². The number of hydrogen-bond donors (Lipinski definition) is 2. The van der Waals surface area contributed by atoms with Crippen molar-refractivity contribution in [1.82, 2.24) is 0 Å². The van der Waals surface area contributed by atoms with E-state index < -0.39 is 11.9 Å². The van der Waals surface area contributed by atoms with Gasteiger partial charge in [-0.05, 0) is 5.56 Å². The molecule has 2 amide bonds. The predicted octanol–water partition coefficient (Wildman–Crippen LogP) is 2.91. The highest BCUT2D eigenvalue weighted by Gasteiger charge is 2.22. The molecular formula is C16H13FN2O4. The Kier molecular flexibility index (Phi) is 4.09. The van der Waals surface area contributed by atoms with Gasteiger partial charge in [-0.15, -0.1) is 0 Å². The molecule has 3 rings (SSSR count). The molecular weight excluding hydrogens is 303 g/mol. The number of anilines is 2. The Bertz CT molecular complexity index is 749. The van der Waals surface area contributed by atoms with Crippen LogP contribution >= 0.6 is 0 Å². The summed E-state index contributed by atoms with van der Waals surface area (Å²) in [5.74, 6) is -0.809. The van der Waals surface area contributed by atoms with E-state index in [0.717, 1.165) is 17.7 Å². The lowest BCUT2D eigenvalue weighted by atomic mass is 10.2. The van der Waals surface area contributed by atoms with E-state index >= 15 is 0 Å². The van der Waals surface area contributed by atoms with Crippen molar-refractivity contribution in [2.24, 2.45) is 0 Å². The number of rotatable bonds is 3. The fourth-order valence-electron chi connectivity index (χ4n) is 2.13. The zero-order valence-electron chi connectivity index (χ0n) is 12.0. The number of ether oxygens (including phenoxy) is 2. The molecule has 6 nitrogen and oxygen atoms in total. The summed E-state index contributed by atoms with van der Waals surface area (Å²) < 4.78 is 23.9. The van der Waals surface area contributed by atoms with Crippen LogP contribution in [0.25, 0.3) is 0 Å². The smallest absolute Gasteiger partial charge is 0.412 e. The highest BCUT2D eigenvalue weighted by atomic mass is 19.1. The molecule has 0 spiro atoms. The summed E-state index contributed by atoms with van der Waals surface area (Å²) in [7, 11) is 0. The molecule has 2 aromatic carbocycles. The van der Waals surface area contributed by atoms with Crippen LogP contribution in [-0.2, 0) is 16.1 Å². The molecule has 2 N–H and O–H groups in total. The summed E-state index contributed by atoms with van der Waals surface area (Å²) in [5, 5.41) is 4.89. The number of amides is 2. The van der Waals surface area contributed by atoms with Crippen LogP contribution in [0.4, 0.5) is 20.6 Å². The highest BCUT2D eigenvalue weighted by molar-refractivity contribution is 5.98. The van der Waals surface area contributed by atoms with Crippen molar-refractivity contribution in [1.29, 1.82) is 0 Å². The van der Waals surface area contributed by atoms with Gasteiger partial charge in [-0.3, -0.25) is 10.1 Å². The molecule has 23 heavy (non-hydrogen) atoms. The number of nitrogens with one attached hydrogen (secondary N) is 2. The summed E-state index contributed by atoms with van der Waals surface area (Å²) in [5.41, 5.74) is 1.09. The molecule has 0 saturated carbocycles. The third-order valence-corrected chi connectivity index (χ3v) is 3.12. The maximum absolute atomic E-state index is 13.6. The SMILES string of the molecule is O=C1COc2c(cc(F)cc2NC(=O)OCc2ccccc2)N1. The lowest BCUT2D eigenvalue weighted by molar-refractivity contribution is -0.118. The maximum Gasteiger partial charge on any atom is 0.412 e. The van der Waals surface area contributed by atoms with Crippen LogP contribution < -0.4 is 15.4 Å². The van der Waals surface area contributed by atoms with Crippen molar-refractivity contribution in [2.45, 2.75) is 6.61 Å². The van der Waals surface area contributed by atoms with Gasteiger partial charge in [-0.2, -0.15) is 0 Å². The van der Waals surface area contributed by atoms with E-state index in [2.05, 4.69) is 10.6 Å². The Labute approximate surface area is 131 Å². The molecule has 2 aromatic rings. The van der Waals surface area contributed by atoms with Gasteiger partial charge in [0.05, 0.1) is 11.4 Å². The summed E-state index contributed by atoms with van der Waals surface area (Å²) in [6, 6.07) is 11.4. The summed E-state index contributed by atoms with van der Waals surface area (Å²) >= 11 is 0. The second-order valence-corrected chi connectivity index (χ2v) is 4.85.